The smallest absolute Gasteiger partial charge is 0.212 e. The second kappa shape index (κ2) is 6.61. The van der Waals surface area contributed by atoms with E-state index >= 15 is 0 Å². The van der Waals surface area contributed by atoms with E-state index in [1.807, 2.05) is 13.8 Å². The number of alkyl halides is 1. The van der Waals surface area contributed by atoms with E-state index in [1.165, 1.54) is 7.11 Å². The maximum atomic E-state index is 11.5. The zero-order chi connectivity index (χ0) is 11.2. The third-order valence-corrected chi connectivity index (χ3v) is 3.62. The van der Waals surface area contributed by atoms with Crippen molar-refractivity contribution in [3.05, 3.63) is 0 Å². The highest BCUT2D eigenvalue weighted by Gasteiger charge is 2.18. The van der Waals surface area contributed by atoms with Crippen LogP contribution in [0.1, 0.15) is 13.8 Å². The van der Waals surface area contributed by atoms with Crippen molar-refractivity contribution in [2.45, 2.75) is 19.9 Å². The maximum Gasteiger partial charge on any atom is 0.212 e. The van der Waals surface area contributed by atoms with Crippen molar-refractivity contribution in [2.75, 3.05) is 25.3 Å². The fourth-order valence-electron chi connectivity index (χ4n) is 1.05. The minimum Gasteiger partial charge on any atom is -0.383 e. The predicted molar refractivity (Wildman–Crippen MR) is 58.1 cm³/mol. The zero-order valence-electron chi connectivity index (χ0n) is 8.79. The summed E-state index contributed by atoms with van der Waals surface area (Å²) in [6.45, 7) is 4.00. The number of hydrogen-bond acceptors (Lipinski definition) is 3. The molecule has 0 spiro atoms. The van der Waals surface area contributed by atoms with Crippen LogP contribution in [-0.4, -0.2) is 39.8 Å². The summed E-state index contributed by atoms with van der Waals surface area (Å²) in [6, 6.07) is -0.342. The molecule has 0 amide bonds. The molecule has 0 aromatic rings. The third kappa shape index (κ3) is 6.59. The predicted octanol–water partition coefficient (Wildman–Crippen LogP) is 0.816. The number of methoxy groups -OCH3 is 1. The Morgan fingerprint density at radius 2 is 2.00 bits per heavy atom. The minimum atomic E-state index is -3.23. The number of nitrogens with one attached hydrogen (secondary N) is 1. The van der Waals surface area contributed by atoms with Gasteiger partial charge >= 0.3 is 0 Å². The van der Waals surface area contributed by atoms with Gasteiger partial charge in [-0.05, 0) is 5.92 Å². The van der Waals surface area contributed by atoms with E-state index in [0.717, 1.165) is 0 Å². The van der Waals surface area contributed by atoms with Gasteiger partial charge in [-0.2, -0.15) is 0 Å². The molecule has 0 aromatic heterocycles. The van der Waals surface area contributed by atoms with Gasteiger partial charge in [0.25, 0.3) is 0 Å². The van der Waals surface area contributed by atoms with Gasteiger partial charge in [0, 0.05) is 13.0 Å². The van der Waals surface area contributed by atoms with Crippen molar-refractivity contribution < 1.29 is 13.2 Å². The first-order valence-electron chi connectivity index (χ1n) is 4.46. The summed E-state index contributed by atoms with van der Waals surface area (Å²) in [5.74, 6) is 0.431. The Morgan fingerprint density at radius 3 is 2.36 bits per heavy atom. The van der Waals surface area contributed by atoms with Gasteiger partial charge < -0.3 is 4.74 Å². The standard InChI is InChI=1S/C8H18ClNO3S/c1-7(2)6-14(11,12)10-8(4-9)5-13-3/h7-8,10H,4-6H2,1-3H3. The fraction of sp³-hybridized carbons (Fsp3) is 1.00. The molecule has 1 unspecified atom stereocenters. The Hall–Kier alpha value is 0.160. The fourth-order valence-corrected chi connectivity index (χ4v) is 2.94. The lowest BCUT2D eigenvalue weighted by molar-refractivity contribution is 0.181. The SMILES string of the molecule is COCC(CCl)NS(=O)(=O)CC(C)C. The Balaban J connectivity index is 4.18. The number of rotatable bonds is 7. The maximum absolute atomic E-state index is 11.5. The van der Waals surface area contributed by atoms with E-state index in [0.29, 0.717) is 6.61 Å². The van der Waals surface area contributed by atoms with Gasteiger partial charge in [-0.15, -0.1) is 11.6 Å². The first kappa shape index (κ1) is 14.2. The lowest BCUT2D eigenvalue weighted by Crippen LogP contribution is -2.41. The second-order valence-corrected chi connectivity index (χ2v) is 5.71. The molecule has 14 heavy (non-hydrogen) atoms. The molecule has 1 N–H and O–H groups in total. The molecule has 0 aliphatic carbocycles. The van der Waals surface area contributed by atoms with Crippen LogP contribution in [0.3, 0.4) is 0 Å². The average molecular weight is 244 g/mol. The van der Waals surface area contributed by atoms with E-state index in [4.69, 9.17) is 16.3 Å². The molecule has 0 heterocycles. The number of hydrogen-bond donors (Lipinski definition) is 1. The quantitative estimate of drug-likeness (QED) is 0.674. The molecule has 0 saturated carbocycles. The summed E-state index contributed by atoms with van der Waals surface area (Å²) in [5, 5.41) is 0. The van der Waals surface area contributed by atoms with E-state index in [-0.39, 0.29) is 23.6 Å². The highest BCUT2D eigenvalue weighted by atomic mass is 35.5. The van der Waals surface area contributed by atoms with Crippen LogP contribution in [0.15, 0.2) is 0 Å². The molecule has 6 heteroatoms. The molecule has 0 fully saturated rings. The summed E-state index contributed by atoms with van der Waals surface area (Å²) in [6.07, 6.45) is 0. The third-order valence-electron chi connectivity index (χ3n) is 1.45. The van der Waals surface area contributed by atoms with Gasteiger partial charge in [0.05, 0.1) is 18.4 Å². The summed E-state index contributed by atoms with van der Waals surface area (Å²) >= 11 is 5.58. The van der Waals surface area contributed by atoms with E-state index in [1.54, 1.807) is 0 Å². The lowest BCUT2D eigenvalue weighted by atomic mass is 10.3. The highest BCUT2D eigenvalue weighted by molar-refractivity contribution is 7.89. The van der Waals surface area contributed by atoms with Crippen LogP contribution in [0, 0.1) is 5.92 Å². The van der Waals surface area contributed by atoms with Gasteiger partial charge in [0.2, 0.25) is 10.0 Å². The molecule has 0 aliphatic heterocycles. The van der Waals surface area contributed by atoms with E-state index in [2.05, 4.69) is 4.72 Å². The summed E-state index contributed by atoms with van der Waals surface area (Å²) in [5.41, 5.74) is 0. The largest absolute Gasteiger partial charge is 0.383 e. The van der Waals surface area contributed by atoms with Crippen LogP contribution in [-0.2, 0) is 14.8 Å². The first-order chi connectivity index (χ1) is 6.41. The average Bonchev–Trinajstić information content (AvgIpc) is 2.00. The van der Waals surface area contributed by atoms with Gasteiger partial charge in [0.1, 0.15) is 0 Å². The topological polar surface area (TPSA) is 55.4 Å². The molecule has 0 aliphatic rings. The monoisotopic (exact) mass is 243 g/mol. The minimum absolute atomic E-state index is 0.103. The van der Waals surface area contributed by atoms with Crippen LogP contribution in [0.2, 0.25) is 0 Å². The Bertz CT molecular complexity index is 241. The van der Waals surface area contributed by atoms with Gasteiger partial charge in [-0.3, -0.25) is 0 Å². The van der Waals surface area contributed by atoms with E-state index in [9.17, 15) is 8.42 Å². The number of ether oxygens (including phenoxy) is 1. The molecule has 0 saturated heterocycles. The lowest BCUT2D eigenvalue weighted by Gasteiger charge is -2.16. The highest BCUT2D eigenvalue weighted by Crippen LogP contribution is 2.00. The van der Waals surface area contributed by atoms with E-state index < -0.39 is 10.0 Å². The Labute approximate surface area is 91.0 Å². The Morgan fingerprint density at radius 1 is 1.43 bits per heavy atom. The zero-order valence-corrected chi connectivity index (χ0v) is 10.4. The van der Waals surface area contributed by atoms with Crippen molar-refractivity contribution in [2.24, 2.45) is 5.92 Å². The molecule has 4 nitrogen and oxygen atoms in total. The van der Waals surface area contributed by atoms with Crippen molar-refractivity contribution in [1.82, 2.24) is 4.72 Å². The van der Waals surface area contributed by atoms with Crippen molar-refractivity contribution >= 4 is 21.6 Å². The molecule has 0 rings (SSSR count). The molecule has 0 bridgehead atoms. The molecule has 0 aromatic carbocycles. The van der Waals surface area contributed by atoms with Crippen LogP contribution in [0.4, 0.5) is 0 Å². The summed E-state index contributed by atoms with van der Waals surface area (Å²) < 4.78 is 30.2. The summed E-state index contributed by atoms with van der Waals surface area (Å²) in [4.78, 5) is 0. The molecule has 0 radical (unpaired) electrons. The summed E-state index contributed by atoms with van der Waals surface area (Å²) in [7, 11) is -1.72. The first-order valence-corrected chi connectivity index (χ1v) is 6.65. The molecular formula is C8H18ClNO3S. The van der Waals surface area contributed by atoms with Gasteiger partial charge in [-0.1, -0.05) is 13.8 Å². The van der Waals surface area contributed by atoms with Crippen molar-refractivity contribution in [1.29, 1.82) is 0 Å². The van der Waals surface area contributed by atoms with Crippen LogP contribution < -0.4 is 4.72 Å². The van der Waals surface area contributed by atoms with Gasteiger partial charge in [-0.25, -0.2) is 13.1 Å². The van der Waals surface area contributed by atoms with Crippen LogP contribution >= 0.6 is 11.6 Å². The van der Waals surface area contributed by atoms with Crippen LogP contribution in [0.5, 0.6) is 0 Å². The number of sulfonamides is 1. The normalized spacial score (nSPS) is 14.6. The van der Waals surface area contributed by atoms with Crippen molar-refractivity contribution in [3.8, 4) is 0 Å². The molecule has 86 valence electrons. The van der Waals surface area contributed by atoms with Crippen LogP contribution in [0.25, 0.3) is 0 Å². The molecule has 1 atom stereocenters. The van der Waals surface area contributed by atoms with Crippen molar-refractivity contribution in [3.63, 3.8) is 0 Å². The second-order valence-electron chi connectivity index (χ2n) is 3.60. The van der Waals surface area contributed by atoms with Gasteiger partial charge in [0.15, 0.2) is 0 Å². The Kier molecular flexibility index (Phi) is 6.68. The number of halogens is 1. The molecular weight excluding hydrogens is 226 g/mol.